The Kier molecular flexibility index (Phi) is 3.74. The average Bonchev–Trinajstić information content (AvgIpc) is 2.94. The van der Waals surface area contributed by atoms with Crippen molar-refractivity contribution in [3.05, 3.63) is 59.6 Å². The van der Waals surface area contributed by atoms with Crippen LogP contribution in [0.2, 0.25) is 0 Å². The summed E-state index contributed by atoms with van der Waals surface area (Å²) in [4.78, 5) is 16.2. The Morgan fingerprint density at radius 3 is 2.85 bits per heavy atom. The molecule has 0 spiro atoms. The lowest BCUT2D eigenvalue weighted by atomic mass is 10.1. The number of amides is 1. The fourth-order valence-electron chi connectivity index (χ4n) is 2.06. The molecule has 3 rings (SSSR count). The topological polar surface area (TPSA) is 42.0 Å². The lowest BCUT2D eigenvalue weighted by molar-refractivity contribution is -0.116. The predicted molar refractivity (Wildman–Crippen MR) is 83.0 cm³/mol. The maximum Gasteiger partial charge on any atom is 0.224 e. The lowest BCUT2D eigenvalue weighted by Gasteiger charge is -2.05. The van der Waals surface area contributed by atoms with Gasteiger partial charge in [-0.1, -0.05) is 30.3 Å². The summed E-state index contributed by atoms with van der Waals surface area (Å²) in [6.45, 7) is 0. The normalized spacial score (nSPS) is 10.6. The number of fused-ring (bicyclic) bond motifs is 1. The van der Waals surface area contributed by atoms with Gasteiger partial charge in [-0.2, -0.15) is 0 Å². The minimum atomic E-state index is 0.0396. The van der Waals surface area contributed by atoms with Gasteiger partial charge in [0.15, 0.2) is 0 Å². The van der Waals surface area contributed by atoms with Crippen LogP contribution in [0.5, 0.6) is 0 Å². The third kappa shape index (κ3) is 3.03. The summed E-state index contributed by atoms with van der Waals surface area (Å²) in [6.07, 6.45) is 1.25. The third-order valence-electron chi connectivity index (χ3n) is 3.10. The van der Waals surface area contributed by atoms with Crippen LogP contribution in [0.1, 0.15) is 12.0 Å². The Morgan fingerprint density at radius 2 is 2.00 bits per heavy atom. The van der Waals surface area contributed by atoms with Crippen molar-refractivity contribution in [1.29, 1.82) is 0 Å². The molecule has 0 fully saturated rings. The van der Waals surface area contributed by atoms with Gasteiger partial charge in [-0.3, -0.25) is 4.79 Å². The molecule has 0 radical (unpaired) electrons. The van der Waals surface area contributed by atoms with Crippen LogP contribution in [0.15, 0.2) is 54.0 Å². The van der Waals surface area contributed by atoms with Crippen molar-refractivity contribution in [3.63, 3.8) is 0 Å². The Morgan fingerprint density at radius 1 is 1.15 bits per heavy atom. The summed E-state index contributed by atoms with van der Waals surface area (Å²) in [5, 5.41) is 2.93. The van der Waals surface area contributed by atoms with Crippen molar-refractivity contribution in [2.45, 2.75) is 12.8 Å². The predicted octanol–water partition coefficient (Wildman–Crippen LogP) is 3.87. The first-order chi connectivity index (χ1) is 9.81. The van der Waals surface area contributed by atoms with Crippen molar-refractivity contribution in [3.8, 4) is 0 Å². The molecule has 1 heterocycles. The maximum atomic E-state index is 11.9. The molecule has 0 aliphatic carbocycles. The number of aryl methyl sites for hydroxylation is 1. The number of nitrogens with one attached hydrogen (secondary N) is 1. The average molecular weight is 282 g/mol. The zero-order chi connectivity index (χ0) is 13.8. The van der Waals surface area contributed by atoms with Crippen LogP contribution in [-0.4, -0.2) is 10.9 Å². The largest absolute Gasteiger partial charge is 0.326 e. The molecule has 0 bridgehead atoms. The number of hydrogen-bond acceptors (Lipinski definition) is 3. The van der Waals surface area contributed by atoms with Crippen LogP contribution < -0.4 is 5.32 Å². The number of nitrogens with zero attached hydrogens (tertiary/aromatic N) is 1. The Bertz CT molecular complexity index is 721. The zero-order valence-electron chi connectivity index (χ0n) is 10.9. The van der Waals surface area contributed by atoms with E-state index >= 15 is 0 Å². The number of anilines is 1. The summed E-state index contributed by atoms with van der Waals surface area (Å²) in [5.41, 5.74) is 4.80. The SMILES string of the molecule is O=C(CCc1ccccc1)Nc1ccc2ncsc2c1. The van der Waals surface area contributed by atoms with E-state index in [-0.39, 0.29) is 5.91 Å². The van der Waals surface area contributed by atoms with E-state index in [0.717, 1.165) is 22.3 Å². The van der Waals surface area contributed by atoms with Gasteiger partial charge in [0, 0.05) is 12.1 Å². The van der Waals surface area contributed by atoms with Crippen molar-refractivity contribution in [2.75, 3.05) is 5.32 Å². The highest BCUT2D eigenvalue weighted by Crippen LogP contribution is 2.21. The van der Waals surface area contributed by atoms with Crippen LogP contribution in [0, 0.1) is 0 Å². The molecule has 1 aromatic heterocycles. The minimum Gasteiger partial charge on any atom is -0.326 e. The molecule has 0 aliphatic heterocycles. The highest BCUT2D eigenvalue weighted by molar-refractivity contribution is 7.16. The first kappa shape index (κ1) is 12.8. The van der Waals surface area contributed by atoms with Gasteiger partial charge in [0.05, 0.1) is 15.7 Å². The molecule has 0 aliphatic rings. The van der Waals surface area contributed by atoms with E-state index < -0.39 is 0 Å². The zero-order valence-corrected chi connectivity index (χ0v) is 11.7. The summed E-state index contributed by atoms with van der Waals surface area (Å²) in [6, 6.07) is 15.8. The van der Waals surface area contributed by atoms with Crippen molar-refractivity contribution >= 4 is 33.1 Å². The third-order valence-corrected chi connectivity index (χ3v) is 3.89. The summed E-state index contributed by atoms with van der Waals surface area (Å²) >= 11 is 1.58. The molecule has 0 atom stereocenters. The fraction of sp³-hybridized carbons (Fsp3) is 0.125. The number of aromatic nitrogens is 1. The Balaban J connectivity index is 1.61. The van der Waals surface area contributed by atoms with E-state index in [9.17, 15) is 4.79 Å². The lowest BCUT2D eigenvalue weighted by Crippen LogP contribution is -2.12. The molecule has 4 heteroatoms. The van der Waals surface area contributed by atoms with Gasteiger partial charge in [0.2, 0.25) is 5.91 Å². The molecular weight excluding hydrogens is 268 g/mol. The van der Waals surface area contributed by atoms with E-state index in [0.29, 0.717) is 6.42 Å². The molecular formula is C16H14N2OS. The molecule has 1 N–H and O–H groups in total. The smallest absolute Gasteiger partial charge is 0.224 e. The minimum absolute atomic E-state index is 0.0396. The molecule has 0 unspecified atom stereocenters. The Labute approximate surface area is 121 Å². The van der Waals surface area contributed by atoms with Crippen molar-refractivity contribution < 1.29 is 4.79 Å². The standard InChI is InChI=1S/C16H14N2OS/c19-16(9-6-12-4-2-1-3-5-12)18-13-7-8-14-15(10-13)20-11-17-14/h1-5,7-8,10-11H,6,9H2,(H,18,19). The quantitative estimate of drug-likeness (QED) is 0.789. The molecule has 0 saturated carbocycles. The van der Waals surface area contributed by atoms with Gasteiger partial charge in [0.25, 0.3) is 0 Å². The molecule has 20 heavy (non-hydrogen) atoms. The van der Waals surface area contributed by atoms with Crippen LogP contribution in [0.3, 0.4) is 0 Å². The monoisotopic (exact) mass is 282 g/mol. The number of carbonyl (C=O) groups excluding carboxylic acids is 1. The second-order valence-corrected chi connectivity index (χ2v) is 5.45. The first-order valence-electron chi connectivity index (χ1n) is 6.48. The van der Waals surface area contributed by atoms with E-state index in [4.69, 9.17) is 0 Å². The summed E-state index contributed by atoms with van der Waals surface area (Å²) in [7, 11) is 0. The molecule has 100 valence electrons. The summed E-state index contributed by atoms with van der Waals surface area (Å²) < 4.78 is 1.09. The fourth-order valence-corrected chi connectivity index (χ4v) is 2.78. The van der Waals surface area contributed by atoms with Crippen LogP contribution in [0.25, 0.3) is 10.2 Å². The number of rotatable bonds is 4. The molecule has 1 amide bonds. The van der Waals surface area contributed by atoms with E-state index in [2.05, 4.69) is 10.3 Å². The van der Waals surface area contributed by atoms with Gasteiger partial charge in [-0.15, -0.1) is 11.3 Å². The van der Waals surface area contributed by atoms with Gasteiger partial charge in [-0.05, 0) is 30.2 Å². The highest BCUT2D eigenvalue weighted by atomic mass is 32.1. The summed E-state index contributed by atoms with van der Waals surface area (Å²) in [5.74, 6) is 0.0396. The van der Waals surface area contributed by atoms with E-state index in [1.807, 2.05) is 54.0 Å². The molecule has 2 aromatic carbocycles. The second kappa shape index (κ2) is 5.84. The van der Waals surface area contributed by atoms with Crippen molar-refractivity contribution in [1.82, 2.24) is 4.98 Å². The number of thiazole rings is 1. The maximum absolute atomic E-state index is 11.9. The second-order valence-electron chi connectivity index (χ2n) is 4.57. The van der Waals surface area contributed by atoms with Gasteiger partial charge in [-0.25, -0.2) is 4.98 Å². The molecule has 3 nitrogen and oxygen atoms in total. The Hall–Kier alpha value is -2.20. The first-order valence-corrected chi connectivity index (χ1v) is 7.36. The van der Waals surface area contributed by atoms with E-state index in [1.54, 1.807) is 11.3 Å². The molecule has 3 aromatic rings. The van der Waals surface area contributed by atoms with Crippen LogP contribution in [-0.2, 0) is 11.2 Å². The van der Waals surface area contributed by atoms with Crippen LogP contribution >= 0.6 is 11.3 Å². The number of benzene rings is 2. The van der Waals surface area contributed by atoms with Gasteiger partial charge < -0.3 is 5.32 Å². The van der Waals surface area contributed by atoms with Crippen LogP contribution in [0.4, 0.5) is 5.69 Å². The number of carbonyl (C=O) groups is 1. The van der Waals surface area contributed by atoms with E-state index in [1.165, 1.54) is 5.56 Å². The molecule has 0 saturated heterocycles. The van der Waals surface area contributed by atoms with Crippen molar-refractivity contribution in [2.24, 2.45) is 0 Å². The van der Waals surface area contributed by atoms with Gasteiger partial charge >= 0.3 is 0 Å². The number of hydrogen-bond donors (Lipinski definition) is 1. The highest BCUT2D eigenvalue weighted by Gasteiger charge is 2.04. The van der Waals surface area contributed by atoms with Gasteiger partial charge in [0.1, 0.15) is 0 Å².